The second-order valence-electron chi connectivity index (χ2n) is 5.33. The molecule has 3 rings (SSSR count). The van der Waals surface area contributed by atoms with Crippen LogP contribution in [0.1, 0.15) is 23.2 Å². The molecule has 0 spiro atoms. The van der Waals surface area contributed by atoms with E-state index < -0.39 is 0 Å². The molecular weight excluding hydrogens is 242 g/mol. The number of benzene rings is 1. The third-order valence-corrected chi connectivity index (χ3v) is 4.17. The standard InChI is InChI=1S/C14H19N3O2/c15-12-5-1-4-11(13(12)18)14(19)17-8-7-16-6-2-3-10(16)9-17/h1,4-5,10,18H,2-3,6-9,15H2/t10-/m1/s1. The largest absolute Gasteiger partial charge is 0.505 e. The molecule has 5 nitrogen and oxygen atoms in total. The van der Waals surface area contributed by atoms with E-state index in [9.17, 15) is 9.90 Å². The summed E-state index contributed by atoms with van der Waals surface area (Å²) in [6.45, 7) is 3.56. The number of anilines is 1. The van der Waals surface area contributed by atoms with Gasteiger partial charge in [0.05, 0.1) is 11.3 Å². The molecule has 1 atom stereocenters. The molecule has 0 bridgehead atoms. The Morgan fingerprint density at radius 3 is 3.00 bits per heavy atom. The highest BCUT2D eigenvalue weighted by atomic mass is 16.3. The Balaban J connectivity index is 1.79. The average molecular weight is 261 g/mol. The van der Waals surface area contributed by atoms with Crippen LogP contribution in [0.5, 0.6) is 5.75 Å². The van der Waals surface area contributed by atoms with E-state index in [4.69, 9.17) is 5.73 Å². The SMILES string of the molecule is Nc1cccc(C(=O)N2CCN3CCC[C@@H]3C2)c1O. The van der Waals surface area contributed by atoms with E-state index >= 15 is 0 Å². The van der Waals surface area contributed by atoms with Gasteiger partial charge in [-0.3, -0.25) is 9.69 Å². The van der Waals surface area contributed by atoms with E-state index in [0.717, 1.165) is 32.6 Å². The monoisotopic (exact) mass is 261 g/mol. The quantitative estimate of drug-likeness (QED) is 0.582. The number of carbonyl (C=O) groups excluding carboxylic acids is 1. The van der Waals surface area contributed by atoms with Gasteiger partial charge in [-0.15, -0.1) is 0 Å². The highest BCUT2D eigenvalue weighted by molar-refractivity contribution is 5.98. The van der Waals surface area contributed by atoms with Crippen molar-refractivity contribution in [1.82, 2.24) is 9.80 Å². The van der Waals surface area contributed by atoms with Gasteiger partial charge in [-0.05, 0) is 31.5 Å². The maximum atomic E-state index is 12.5. The number of hydrogen-bond acceptors (Lipinski definition) is 4. The van der Waals surface area contributed by atoms with Crippen LogP contribution < -0.4 is 5.73 Å². The maximum Gasteiger partial charge on any atom is 0.257 e. The van der Waals surface area contributed by atoms with Crippen molar-refractivity contribution in [2.24, 2.45) is 0 Å². The first-order chi connectivity index (χ1) is 9.16. The molecule has 2 heterocycles. The number of rotatable bonds is 1. The summed E-state index contributed by atoms with van der Waals surface area (Å²) in [6, 6.07) is 5.42. The number of nitrogens with two attached hydrogens (primary N) is 1. The Hall–Kier alpha value is -1.75. The number of phenolic OH excluding ortho intramolecular Hbond substituents is 1. The van der Waals surface area contributed by atoms with Crippen LogP contribution in [-0.2, 0) is 0 Å². The highest BCUT2D eigenvalue weighted by Crippen LogP contribution is 2.28. The van der Waals surface area contributed by atoms with E-state index in [1.54, 1.807) is 18.2 Å². The third kappa shape index (κ3) is 2.14. The predicted octanol–water partition coefficient (Wildman–Crippen LogP) is 0.895. The number of phenols is 1. The van der Waals surface area contributed by atoms with Crippen LogP contribution in [0.2, 0.25) is 0 Å². The van der Waals surface area contributed by atoms with E-state index in [0.29, 0.717) is 11.6 Å². The van der Waals surface area contributed by atoms with Gasteiger partial charge in [-0.1, -0.05) is 6.07 Å². The van der Waals surface area contributed by atoms with E-state index in [-0.39, 0.29) is 17.3 Å². The number of carbonyl (C=O) groups is 1. The van der Waals surface area contributed by atoms with Gasteiger partial charge < -0.3 is 15.7 Å². The molecule has 0 saturated carbocycles. The van der Waals surface area contributed by atoms with Crippen LogP contribution in [0.15, 0.2) is 18.2 Å². The molecular formula is C14H19N3O2. The Labute approximate surface area is 112 Å². The summed E-state index contributed by atoms with van der Waals surface area (Å²) in [7, 11) is 0. The van der Waals surface area contributed by atoms with Crippen LogP contribution in [0, 0.1) is 0 Å². The zero-order valence-corrected chi connectivity index (χ0v) is 10.9. The van der Waals surface area contributed by atoms with Crippen LogP contribution in [-0.4, -0.2) is 53.0 Å². The highest BCUT2D eigenvalue weighted by Gasteiger charge is 2.33. The number of para-hydroxylation sites is 1. The van der Waals surface area contributed by atoms with Crippen molar-refractivity contribution in [2.45, 2.75) is 18.9 Å². The molecule has 102 valence electrons. The van der Waals surface area contributed by atoms with Crippen LogP contribution in [0.25, 0.3) is 0 Å². The lowest BCUT2D eigenvalue weighted by molar-refractivity contribution is 0.0568. The van der Waals surface area contributed by atoms with Gasteiger partial charge in [0.25, 0.3) is 5.91 Å². The minimum atomic E-state index is -0.114. The zero-order valence-electron chi connectivity index (χ0n) is 10.9. The number of aromatic hydroxyl groups is 1. The van der Waals surface area contributed by atoms with Crippen LogP contribution in [0.3, 0.4) is 0 Å². The van der Waals surface area contributed by atoms with Crippen molar-refractivity contribution in [2.75, 3.05) is 31.9 Å². The van der Waals surface area contributed by atoms with Gasteiger partial charge in [0.1, 0.15) is 0 Å². The smallest absolute Gasteiger partial charge is 0.257 e. The Morgan fingerprint density at radius 2 is 2.16 bits per heavy atom. The summed E-state index contributed by atoms with van der Waals surface area (Å²) in [5, 5.41) is 9.90. The van der Waals surface area contributed by atoms with Gasteiger partial charge in [0, 0.05) is 25.7 Å². The number of nitrogens with zero attached hydrogens (tertiary/aromatic N) is 2. The second-order valence-corrected chi connectivity index (χ2v) is 5.33. The number of fused-ring (bicyclic) bond motifs is 1. The molecule has 2 fully saturated rings. The van der Waals surface area contributed by atoms with Crippen molar-refractivity contribution in [1.29, 1.82) is 0 Å². The van der Waals surface area contributed by atoms with E-state index in [2.05, 4.69) is 4.90 Å². The van der Waals surface area contributed by atoms with Crippen molar-refractivity contribution in [3.8, 4) is 5.75 Å². The Morgan fingerprint density at radius 1 is 1.32 bits per heavy atom. The van der Waals surface area contributed by atoms with Crippen molar-refractivity contribution < 1.29 is 9.90 Å². The molecule has 0 unspecified atom stereocenters. The molecule has 1 aromatic rings. The average Bonchev–Trinajstić information content (AvgIpc) is 2.88. The Kier molecular flexibility index (Phi) is 3.06. The first-order valence-electron chi connectivity index (χ1n) is 6.77. The molecule has 2 aliphatic rings. The van der Waals surface area contributed by atoms with Crippen LogP contribution in [0.4, 0.5) is 5.69 Å². The molecule has 2 aliphatic heterocycles. The number of nitrogen functional groups attached to an aromatic ring is 1. The molecule has 1 aromatic carbocycles. The van der Waals surface area contributed by atoms with Gasteiger partial charge in [0.2, 0.25) is 0 Å². The van der Waals surface area contributed by atoms with Crippen molar-refractivity contribution >= 4 is 11.6 Å². The summed E-state index contributed by atoms with van der Waals surface area (Å²) < 4.78 is 0. The lowest BCUT2D eigenvalue weighted by Gasteiger charge is -2.37. The molecule has 19 heavy (non-hydrogen) atoms. The van der Waals surface area contributed by atoms with E-state index in [1.807, 2.05) is 4.90 Å². The second kappa shape index (κ2) is 4.74. The zero-order chi connectivity index (χ0) is 13.4. The molecule has 1 amide bonds. The van der Waals surface area contributed by atoms with Crippen LogP contribution >= 0.6 is 0 Å². The summed E-state index contributed by atoms with van der Waals surface area (Å²) in [4.78, 5) is 16.7. The topological polar surface area (TPSA) is 69.8 Å². The van der Waals surface area contributed by atoms with E-state index in [1.165, 1.54) is 6.42 Å². The fraction of sp³-hybridized carbons (Fsp3) is 0.500. The fourth-order valence-corrected chi connectivity index (χ4v) is 3.08. The molecule has 0 aromatic heterocycles. The summed E-state index contributed by atoms with van der Waals surface area (Å²) in [5.74, 6) is -0.210. The first kappa shape index (κ1) is 12.3. The number of hydrogen-bond donors (Lipinski definition) is 2. The van der Waals surface area contributed by atoms with Crippen molar-refractivity contribution in [3.05, 3.63) is 23.8 Å². The molecule has 0 radical (unpaired) electrons. The number of amides is 1. The lowest BCUT2D eigenvalue weighted by atomic mass is 10.1. The first-order valence-corrected chi connectivity index (χ1v) is 6.77. The normalized spacial score (nSPS) is 23.4. The fourth-order valence-electron chi connectivity index (χ4n) is 3.08. The molecule has 3 N–H and O–H groups in total. The minimum absolute atomic E-state index is 0.0960. The molecule has 5 heteroatoms. The summed E-state index contributed by atoms with van der Waals surface area (Å²) in [6.07, 6.45) is 2.38. The molecule has 2 saturated heterocycles. The summed E-state index contributed by atoms with van der Waals surface area (Å²) in [5.41, 5.74) is 6.21. The maximum absolute atomic E-state index is 12.5. The van der Waals surface area contributed by atoms with Gasteiger partial charge >= 0.3 is 0 Å². The van der Waals surface area contributed by atoms with Crippen molar-refractivity contribution in [3.63, 3.8) is 0 Å². The van der Waals surface area contributed by atoms with Gasteiger partial charge in [0.15, 0.2) is 5.75 Å². The third-order valence-electron chi connectivity index (χ3n) is 4.17. The molecule has 0 aliphatic carbocycles. The number of piperazine rings is 1. The minimum Gasteiger partial charge on any atom is -0.505 e. The summed E-state index contributed by atoms with van der Waals surface area (Å²) >= 11 is 0. The lowest BCUT2D eigenvalue weighted by Crippen LogP contribution is -2.52. The predicted molar refractivity (Wildman–Crippen MR) is 73.0 cm³/mol. The van der Waals surface area contributed by atoms with Gasteiger partial charge in [-0.25, -0.2) is 0 Å². The Bertz CT molecular complexity index is 503. The van der Waals surface area contributed by atoms with Gasteiger partial charge in [-0.2, -0.15) is 0 Å².